The molecule has 0 aliphatic carbocycles. The summed E-state index contributed by atoms with van der Waals surface area (Å²) in [7, 11) is 0. The summed E-state index contributed by atoms with van der Waals surface area (Å²) < 4.78 is 0. The summed E-state index contributed by atoms with van der Waals surface area (Å²) in [6.07, 6.45) is 14.8. The monoisotopic (exact) mass is 716 g/mol. The Kier molecular flexibility index (Phi) is 8.39. The summed E-state index contributed by atoms with van der Waals surface area (Å²) >= 11 is 0. The van der Waals surface area contributed by atoms with Crippen molar-refractivity contribution in [1.82, 2.24) is 29.9 Å². The average molecular weight is 717 g/mol. The van der Waals surface area contributed by atoms with E-state index in [0.29, 0.717) is 0 Å². The topological polar surface area (TPSA) is 77.3 Å². The molecule has 0 amide bonds. The maximum atomic E-state index is 5.14. The molecule has 0 bridgehead atoms. The highest BCUT2D eigenvalue weighted by Crippen LogP contribution is 2.35. The van der Waals surface area contributed by atoms with E-state index in [4.69, 9.17) is 9.97 Å². The molecule has 10 aromatic rings. The van der Waals surface area contributed by atoms with E-state index >= 15 is 0 Å². The molecule has 6 heterocycles. The van der Waals surface area contributed by atoms with Crippen LogP contribution in [-0.2, 0) is 0 Å². The van der Waals surface area contributed by atoms with Crippen LogP contribution in [0.4, 0.5) is 0 Å². The van der Waals surface area contributed by atoms with Crippen molar-refractivity contribution >= 4 is 21.8 Å². The molecule has 0 saturated heterocycles. The van der Waals surface area contributed by atoms with Gasteiger partial charge in [0.15, 0.2) is 0 Å². The van der Waals surface area contributed by atoms with Crippen molar-refractivity contribution in [3.8, 4) is 78.1 Å². The first-order chi connectivity index (χ1) is 27.7. The zero-order valence-corrected chi connectivity index (χ0v) is 30.2. The van der Waals surface area contributed by atoms with Crippen LogP contribution < -0.4 is 0 Å². The van der Waals surface area contributed by atoms with Crippen LogP contribution in [0.2, 0.25) is 0 Å². The number of hydrogen-bond acceptors (Lipinski definition) is 6. The van der Waals surface area contributed by atoms with E-state index in [1.807, 2.05) is 49.1 Å². The molecule has 0 N–H and O–H groups in total. The minimum absolute atomic E-state index is 0.909. The Balaban J connectivity index is 0.974. The third-order valence-electron chi connectivity index (χ3n) is 10.1. The van der Waals surface area contributed by atoms with Crippen LogP contribution in [0.25, 0.3) is 100.0 Å². The maximum Gasteiger partial charge on any atom is 0.0710 e. The lowest BCUT2D eigenvalue weighted by molar-refractivity contribution is 1.32. The largest absolute Gasteiger partial charge is 0.264 e. The van der Waals surface area contributed by atoms with Gasteiger partial charge in [0.1, 0.15) is 0 Å². The Hall–Kier alpha value is -7.70. The second-order valence-corrected chi connectivity index (χ2v) is 13.8. The van der Waals surface area contributed by atoms with Gasteiger partial charge in [-0.25, -0.2) is 9.97 Å². The molecule has 0 saturated carbocycles. The molecule has 6 aromatic heterocycles. The molecule has 0 fully saturated rings. The minimum Gasteiger partial charge on any atom is -0.264 e. The first-order valence-corrected chi connectivity index (χ1v) is 18.4. The summed E-state index contributed by atoms with van der Waals surface area (Å²) in [6, 6.07) is 50.8. The van der Waals surface area contributed by atoms with Gasteiger partial charge < -0.3 is 0 Å². The molecule has 4 aromatic carbocycles. The fourth-order valence-electron chi connectivity index (χ4n) is 7.28. The summed E-state index contributed by atoms with van der Waals surface area (Å²) in [6.45, 7) is 0. The van der Waals surface area contributed by atoms with E-state index < -0.39 is 0 Å². The number of hydrogen-bond donors (Lipinski definition) is 0. The zero-order valence-electron chi connectivity index (χ0n) is 30.2. The van der Waals surface area contributed by atoms with Crippen molar-refractivity contribution in [3.63, 3.8) is 0 Å². The van der Waals surface area contributed by atoms with Crippen LogP contribution in [0, 0.1) is 0 Å². The van der Waals surface area contributed by atoms with Crippen molar-refractivity contribution in [2.24, 2.45) is 0 Å². The lowest BCUT2D eigenvalue weighted by atomic mass is 9.95. The first kappa shape index (κ1) is 32.9. The highest BCUT2D eigenvalue weighted by molar-refractivity contribution is 5.91. The van der Waals surface area contributed by atoms with E-state index in [9.17, 15) is 0 Å². The Bertz CT molecular complexity index is 2680. The van der Waals surface area contributed by atoms with E-state index in [1.54, 1.807) is 24.8 Å². The van der Waals surface area contributed by atoms with Crippen LogP contribution in [-0.4, -0.2) is 29.9 Å². The number of rotatable bonds is 7. The van der Waals surface area contributed by atoms with Gasteiger partial charge >= 0.3 is 0 Å². The van der Waals surface area contributed by atoms with Crippen LogP contribution in [0.1, 0.15) is 0 Å². The molecule has 262 valence electrons. The van der Waals surface area contributed by atoms with E-state index in [0.717, 1.165) is 100.0 Å². The van der Waals surface area contributed by atoms with Gasteiger partial charge in [-0.3, -0.25) is 19.9 Å². The van der Waals surface area contributed by atoms with E-state index in [2.05, 4.69) is 141 Å². The van der Waals surface area contributed by atoms with Crippen LogP contribution in [0.5, 0.6) is 0 Å². The van der Waals surface area contributed by atoms with Crippen molar-refractivity contribution < 1.29 is 0 Å². The number of pyridine rings is 6. The molecule has 0 spiro atoms. The highest BCUT2D eigenvalue weighted by Gasteiger charge is 2.12. The fraction of sp³-hybridized carbons (Fsp3) is 0. The van der Waals surface area contributed by atoms with Crippen molar-refractivity contribution in [2.45, 2.75) is 0 Å². The Morgan fingerprint density at radius 3 is 0.911 bits per heavy atom. The molecule has 10 rings (SSSR count). The SMILES string of the molecule is c1cncc(-c2cc(-c3cccnc3)cc(-c3ccc4cc(-c5ccc6nc(-c7cc(-c8cccnc8)cc(-c8cccnc8)c7)ccc6c5)ccc4n3)c2)c1. The van der Waals surface area contributed by atoms with Gasteiger partial charge in [0.05, 0.1) is 22.4 Å². The maximum absolute atomic E-state index is 5.14. The van der Waals surface area contributed by atoms with Gasteiger partial charge in [0.25, 0.3) is 0 Å². The second-order valence-electron chi connectivity index (χ2n) is 13.8. The Morgan fingerprint density at radius 2 is 0.589 bits per heavy atom. The van der Waals surface area contributed by atoms with Gasteiger partial charge in [0, 0.05) is 93.7 Å². The van der Waals surface area contributed by atoms with Crippen molar-refractivity contribution in [1.29, 1.82) is 0 Å². The smallest absolute Gasteiger partial charge is 0.0710 e. The lowest BCUT2D eigenvalue weighted by Gasteiger charge is -2.12. The minimum atomic E-state index is 0.909. The fourth-order valence-corrected chi connectivity index (χ4v) is 7.28. The summed E-state index contributed by atoms with van der Waals surface area (Å²) in [5.74, 6) is 0. The zero-order chi connectivity index (χ0) is 37.3. The van der Waals surface area contributed by atoms with Crippen molar-refractivity contribution in [3.05, 3.63) is 195 Å². The van der Waals surface area contributed by atoms with Crippen LogP contribution in [0.15, 0.2) is 195 Å². The molecule has 0 aliphatic heterocycles. The Labute approximate surface area is 324 Å². The third kappa shape index (κ3) is 6.57. The number of fused-ring (bicyclic) bond motifs is 2. The molecule has 56 heavy (non-hydrogen) atoms. The normalized spacial score (nSPS) is 11.2. The third-order valence-corrected chi connectivity index (χ3v) is 10.1. The van der Waals surface area contributed by atoms with Gasteiger partial charge in [-0.2, -0.15) is 0 Å². The van der Waals surface area contributed by atoms with E-state index in [-0.39, 0.29) is 0 Å². The highest BCUT2D eigenvalue weighted by atomic mass is 14.7. The molecule has 6 heteroatoms. The summed E-state index contributed by atoms with van der Waals surface area (Å²) in [5.41, 5.74) is 16.6. The second kappa shape index (κ2) is 14.3. The van der Waals surface area contributed by atoms with Crippen LogP contribution >= 0.6 is 0 Å². The first-order valence-electron chi connectivity index (χ1n) is 18.4. The number of nitrogens with zero attached hydrogens (tertiary/aromatic N) is 6. The lowest BCUT2D eigenvalue weighted by Crippen LogP contribution is -1.91. The standard InChI is InChI=1S/C50H32N6/c1-5-37(29-51-17-1)41-23-42(38-6-2-18-52-30-38)26-45(25-41)49-15-11-35-21-33(9-13-47(35)55-49)34-10-14-48-36(22-34)12-16-50(56-48)46-27-43(39-7-3-19-53-31-39)24-44(28-46)40-8-4-20-54-32-40/h1-32H. The van der Waals surface area contributed by atoms with E-state index in [1.165, 1.54) is 0 Å². The average Bonchev–Trinajstić information content (AvgIpc) is 3.29. The number of benzene rings is 4. The molecule has 0 radical (unpaired) electrons. The predicted molar refractivity (Wildman–Crippen MR) is 226 cm³/mol. The van der Waals surface area contributed by atoms with Crippen molar-refractivity contribution in [2.75, 3.05) is 0 Å². The molecular formula is C50H32N6. The van der Waals surface area contributed by atoms with Gasteiger partial charge in [-0.15, -0.1) is 0 Å². The molecule has 0 aliphatic rings. The van der Waals surface area contributed by atoms with Crippen LogP contribution in [0.3, 0.4) is 0 Å². The number of aromatic nitrogens is 6. The summed E-state index contributed by atoms with van der Waals surface area (Å²) in [5, 5.41) is 2.15. The van der Waals surface area contributed by atoms with Gasteiger partial charge in [0.2, 0.25) is 0 Å². The predicted octanol–water partition coefficient (Wildman–Crippen LogP) is 12.0. The molecular weight excluding hydrogens is 685 g/mol. The Morgan fingerprint density at radius 1 is 0.250 bits per heavy atom. The molecule has 0 unspecified atom stereocenters. The summed E-state index contributed by atoms with van der Waals surface area (Å²) in [4.78, 5) is 27.7. The molecule has 0 atom stereocenters. The quantitative estimate of drug-likeness (QED) is 0.163. The van der Waals surface area contributed by atoms with Gasteiger partial charge in [-0.1, -0.05) is 48.5 Å². The molecule has 6 nitrogen and oxygen atoms in total. The van der Waals surface area contributed by atoms with Gasteiger partial charge in [-0.05, 0) is 130 Å².